The molecule has 3 rings (SSSR count). The van der Waals surface area contributed by atoms with Crippen molar-refractivity contribution < 1.29 is 4.79 Å². The van der Waals surface area contributed by atoms with Crippen molar-refractivity contribution in [3.63, 3.8) is 0 Å². The minimum Gasteiger partial charge on any atom is -0.382 e. The van der Waals surface area contributed by atoms with Gasteiger partial charge in [0.2, 0.25) is 0 Å². The molecule has 0 atom stereocenters. The molecule has 1 aliphatic rings. The van der Waals surface area contributed by atoms with E-state index in [2.05, 4.69) is 51.5 Å². The van der Waals surface area contributed by atoms with E-state index in [1.807, 2.05) is 0 Å². The molecule has 1 aliphatic carbocycles. The van der Waals surface area contributed by atoms with Crippen LogP contribution < -0.4 is 22.5 Å². The molecule has 184 valence electrons. The average Bonchev–Trinajstić information content (AvgIpc) is 2.82. The summed E-state index contributed by atoms with van der Waals surface area (Å²) in [6.45, 7) is 2.80. The fourth-order valence-corrected chi connectivity index (χ4v) is 4.74. The first-order chi connectivity index (χ1) is 16.4. The van der Waals surface area contributed by atoms with Crippen LogP contribution in [0.25, 0.3) is 0 Å². The average molecular weight is 486 g/mol. The number of nitrogen functional groups attached to an aromatic ring is 2. The number of nitrogens with zero attached hydrogens (tertiary/aromatic N) is 3. The second-order valence-corrected chi connectivity index (χ2v) is 9.42. The van der Waals surface area contributed by atoms with Crippen LogP contribution in [-0.2, 0) is 6.42 Å². The van der Waals surface area contributed by atoms with Crippen LogP contribution in [0.2, 0.25) is 5.15 Å². The maximum absolute atomic E-state index is 12.2. The van der Waals surface area contributed by atoms with Crippen molar-refractivity contribution in [2.45, 2.75) is 70.6 Å². The summed E-state index contributed by atoms with van der Waals surface area (Å²) >= 11 is 5.80. The number of nitrogens with one attached hydrogen (secondary N) is 1. The van der Waals surface area contributed by atoms with E-state index in [9.17, 15) is 4.79 Å². The number of carbonyl (C=O) groups is 1. The largest absolute Gasteiger partial charge is 0.382 e. The van der Waals surface area contributed by atoms with Crippen molar-refractivity contribution in [3.05, 3.63) is 46.2 Å². The molecule has 0 radical (unpaired) electrons. The number of aryl methyl sites for hydroxylation is 1. The molecule has 1 heterocycles. The third kappa shape index (κ3) is 7.32. The van der Waals surface area contributed by atoms with E-state index >= 15 is 0 Å². The van der Waals surface area contributed by atoms with E-state index in [4.69, 9.17) is 28.8 Å². The van der Waals surface area contributed by atoms with Crippen LogP contribution >= 0.6 is 11.6 Å². The van der Waals surface area contributed by atoms with E-state index in [1.165, 1.54) is 49.7 Å². The Morgan fingerprint density at radius 1 is 1.09 bits per heavy atom. The monoisotopic (exact) mass is 485 g/mol. The summed E-state index contributed by atoms with van der Waals surface area (Å²) in [7, 11) is 0. The van der Waals surface area contributed by atoms with Gasteiger partial charge in [-0.15, -0.1) is 0 Å². The number of carbonyl (C=O) groups excluding carboxylic acids is 1. The Hall–Kier alpha value is -2.87. The van der Waals surface area contributed by atoms with Gasteiger partial charge in [-0.1, -0.05) is 55.6 Å². The number of aromatic nitrogens is 2. The molecule has 0 saturated heterocycles. The second-order valence-electron chi connectivity index (χ2n) is 9.06. The van der Waals surface area contributed by atoms with Crippen molar-refractivity contribution in [1.29, 1.82) is 0 Å². The Balaban J connectivity index is 1.38. The van der Waals surface area contributed by atoms with Gasteiger partial charge in [-0.3, -0.25) is 15.1 Å². The van der Waals surface area contributed by atoms with Crippen molar-refractivity contribution in [2.75, 3.05) is 18.0 Å². The first-order valence-corrected chi connectivity index (χ1v) is 12.5. The summed E-state index contributed by atoms with van der Waals surface area (Å²) in [6, 6.07) is 9.14. The standard InChI is InChI=1S/C25H36ClN7O/c1-2-5-16-7-11-18(12-8-16)19-13-9-17(10-14-19)6-3-4-15-30-25(29)33-24(34)20-22(27)32-23(28)21(26)31-20/h9-10,13-14,16,18H,2-8,11-12,15H2,1H3,(H4,27,28,32)(H3,29,30,33,34). The SMILES string of the molecule is CCCC1CCC(c2ccc(CCCCN=C(N)NC(=O)c3nc(Cl)c(N)nc3N)cc2)CC1. The number of aliphatic imine (C=N–C) groups is 1. The van der Waals surface area contributed by atoms with Crippen LogP contribution in [0.4, 0.5) is 11.6 Å². The molecule has 9 heteroatoms. The smallest absolute Gasteiger partial charge is 0.280 e. The number of nitrogens with two attached hydrogens (primary N) is 3. The van der Waals surface area contributed by atoms with Crippen LogP contribution in [-0.4, -0.2) is 28.4 Å². The Morgan fingerprint density at radius 2 is 1.79 bits per heavy atom. The normalized spacial score (nSPS) is 18.6. The summed E-state index contributed by atoms with van der Waals surface area (Å²) in [4.78, 5) is 24.1. The van der Waals surface area contributed by atoms with Gasteiger partial charge in [0.1, 0.15) is 0 Å². The van der Waals surface area contributed by atoms with E-state index < -0.39 is 5.91 Å². The lowest BCUT2D eigenvalue weighted by Gasteiger charge is -2.28. The third-order valence-electron chi connectivity index (χ3n) is 6.51. The highest BCUT2D eigenvalue weighted by molar-refractivity contribution is 6.31. The third-order valence-corrected chi connectivity index (χ3v) is 6.79. The molecule has 1 saturated carbocycles. The topological polar surface area (TPSA) is 145 Å². The molecule has 0 bridgehead atoms. The number of unbranched alkanes of at least 4 members (excludes halogenated alkanes) is 1. The number of hydrogen-bond donors (Lipinski definition) is 4. The lowest BCUT2D eigenvalue weighted by molar-refractivity contribution is 0.0972. The summed E-state index contributed by atoms with van der Waals surface area (Å²) in [5.74, 6) is 0.863. The number of amides is 1. The Kier molecular flexibility index (Phi) is 9.51. The molecule has 7 N–H and O–H groups in total. The van der Waals surface area contributed by atoms with Crippen molar-refractivity contribution in [2.24, 2.45) is 16.6 Å². The highest BCUT2D eigenvalue weighted by atomic mass is 35.5. The van der Waals surface area contributed by atoms with Gasteiger partial charge in [0.05, 0.1) is 0 Å². The van der Waals surface area contributed by atoms with Gasteiger partial charge >= 0.3 is 0 Å². The van der Waals surface area contributed by atoms with Crippen molar-refractivity contribution in [3.8, 4) is 0 Å². The van der Waals surface area contributed by atoms with E-state index in [-0.39, 0.29) is 28.4 Å². The lowest BCUT2D eigenvalue weighted by atomic mass is 9.77. The number of anilines is 2. The number of halogens is 1. The highest BCUT2D eigenvalue weighted by Crippen LogP contribution is 2.37. The van der Waals surface area contributed by atoms with Crippen LogP contribution in [0.5, 0.6) is 0 Å². The van der Waals surface area contributed by atoms with Gasteiger partial charge in [-0.25, -0.2) is 9.97 Å². The molecule has 34 heavy (non-hydrogen) atoms. The van der Waals surface area contributed by atoms with E-state index in [1.54, 1.807) is 0 Å². The first kappa shape index (κ1) is 25.7. The maximum atomic E-state index is 12.2. The van der Waals surface area contributed by atoms with Gasteiger partial charge in [-0.2, -0.15) is 0 Å². The van der Waals surface area contributed by atoms with Crippen LogP contribution in [0, 0.1) is 5.92 Å². The summed E-state index contributed by atoms with van der Waals surface area (Å²) < 4.78 is 0. The summed E-state index contributed by atoms with van der Waals surface area (Å²) in [6.07, 6.45) is 10.9. The first-order valence-electron chi connectivity index (χ1n) is 12.2. The zero-order valence-corrected chi connectivity index (χ0v) is 20.7. The molecule has 1 fully saturated rings. The molecule has 8 nitrogen and oxygen atoms in total. The minimum atomic E-state index is -0.632. The number of hydrogen-bond acceptors (Lipinski definition) is 6. The number of rotatable bonds is 9. The summed E-state index contributed by atoms with van der Waals surface area (Å²) in [5.41, 5.74) is 19.7. The quantitative estimate of drug-likeness (QED) is 0.234. The van der Waals surface area contributed by atoms with Crippen molar-refractivity contribution >= 4 is 35.1 Å². The number of guanidine groups is 1. The second kappa shape index (κ2) is 12.6. The van der Waals surface area contributed by atoms with E-state index in [0.29, 0.717) is 6.54 Å². The summed E-state index contributed by atoms with van der Waals surface area (Å²) in [5, 5.41) is 2.35. The molecule has 0 unspecified atom stereocenters. The molecular weight excluding hydrogens is 450 g/mol. The highest BCUT2D eigenvalue weighted by Gasteiger charge is 2.21. The molecule has 0 spiro atoms. The van der Waals surface area contributed by atoms with E-state index in [0.717, 1.165) is 31.1 Å². The van der Waals surface area contributed by atoms with Gasteiger partial charge in [-0.05, 0) is 67.9 Å². The molecule has 0 aliphatic heterocycles. The molecule has 1 aromatic heterocycles. The molecular formula is C25H36ClN7O. The number of benzene rings is 1. The maximum Gasteiger partial charge on any atom is 0.280 e. The van der Waals surface area contributed by atoms with Crippen LogP contribution in [0.3, 0.4) is 0 Å². The zero-order chi connectivity index (χ0) is 24.5. The van der Waals surface area contributed by atoms with Gasteiger partial charge < -0.3 is 17.2 Å². The molecule has 1 amide bonds. The van der Waals surface area contributed by atoms with Gasteiger partial charge in [0, 0.05) is 6.54 Å². The van der Waals surface area contributed by atoms with Crippen molar-refractivity contribution in [1.82, 2.24) is 15.3 Å². The van der Waals surface area contributed by atoms with Gasteiger partial charge in [0.25, 0.3) is 5.91 Å². The minimum absolute atomic E-state index is 0.00263. The lowest BCUT2D eigenvalue weighted by Crippen LogP contribution is -2.38. The van der Waals surface area contributed by atoms with Gasteiger partial charge in [0.15, 0.2) is 28.4 Å². The predicted octanol–water partition coefficient (Wildman–Crippen LogP) is 4.44. The molecule has 2 aromatic rings. The molecule has 1 aromatic carbocycles. The van der Waals surface area contributed by atoms with Crippen LogP contribution in [0.15, 0.2) is 29.3 Å². The van der Waals surface area contributed by atoms with Crippen LogP contribution in [0.1, 0.15) is 85.8 Å². The fourth-order valence-electron chi connectivity index (χ4n) is 4.61. The zero-order valence-electron chi connectivity index (χ0n) is 19.9. The predicted molar refractivity (Wildman–Crippen MR) is 139 cm³/mol. The Bertz CT molecular complexity index is 986. The fraction of sp³-hybridized carbons (Fsp3) is 0.520. The Labute approximate surface area is 206 Å². The Morgan fingerprint density at radius 3 is 2.47 bits per heavy atom.